The number of H-pyrrole nitrogens is 1. The number of aliphatic hydroxyl groups is 1. The zero-order valence-corrected chi connectivity index (χ0v) is 19.8. The second-order valence-electron chi connectivity index (χ2n) is 6.72. The van der Waals surface area contributed by atoms with E-state index < -0.39 is 59.8 Å². The van der Waals surface area contributed by atoms with Crippen LogP contribution in [0.25, 0.3) is 0 Å². The third-order valence-electron chi connectivity index (χ3n) is 4.03. The van der Waals surface area contributed by atoms with Gasteiger partial charge in [0, 0.05) is 19.0 Å². The van der Waals surface area contributed by atoms with Gasteiger partial charge in [-0.05, 0) is 13.0 Å². The summed E-state index contributed by atoms with van der Waals surface area (Å²) in [6.07, 6.45) is -1.98. The number of phosphoric acid groups is 3. The van der Waals surface area contributed by atoms with E-state index in [1.165, 1.54) is 0 Å². The van der Waals surface area contributed by atoms with Crippen molar-refractivity contribution >= 4 is 23.5 Å². The molecule has 1 aromatic heterocycles. The third kappa shape index (κ3) is 8.95. The molecular formula is C14H22N3O14P3. The van der Waals surface area contributed by atoms with Crippen LogP contribution in [0.3, 0.4) is 0 Å². The first-order valence-corrected chi connectivity index (χ1v) is 13.8. The monoisotopic (exact) mass is 549 g/mol. The minimum Gasteiger partial charge on any atom is -0.390 e. The Kier molecular flexibility index (Phi) is 9.74. The first kappa shape index (κ1) is 28.8. The predicted molar refractivity (Wildman–Crippen MR) is 111 cm³/mol. The second kappa shape index (κ2) is 11.5. The van der Waals surface area contributed by atoms with Crippen molar-refractivity contribution in [3.63, 3.8) is 0 Å². The van der Waals surface area contributed by atoms with Crippen LogP contribution in [0.2, 0.25) is 0 Å². The fraction of sp³-hybridized carbons (Fsp3) is 0.571. The molecule has 17 nitrogen and oxygen atoms in total. The first-order valence-electron chi connectivity index (χ1n) is 9.29. The van der Waals surface area contributed by atoms with Gasteiger partial charge in [-0.1, -0.05) is 11.8 Å². The quantitative estimate of drug-likeness (QED) is 0.101. The van der Waals surface area contributed by atoms with Crippen LogP contribution in [0.4, 0.5) is 0 Å². The van der Waals surface area contributed by atoms with Crippen molar-refractivity contribution < 1.29 is 56.3 Å². The van der Waals surface area contributed by atoms with Crippen LogP contribution in [-0.2, 0) is 31.6 Å². The van der Waals surface area contributed by atoms with Gasteiger partial charge in [0.2, 0.25) is 0 Å². The third-order valence-corrected chi connectivity index (χ3v) is 7.83. The van der Waals surface area contributed by atoms with Gasteiger partial charge in [-0.3, -0.25) is 18.9 Å². The second-order valence-corrected chi connectivity index (χ2v) is 11.1. The molecule has 20 heteroatoms. The van der Waals surface area contributed by atoms with Gasteiger partial charge in [-0.15, -0.1) is 0 Å². The number of aromatic nitrogens is 2. The van der Waals surface area contributed by atoms with Crippen molar-refractivity contribution in [1.29, 1.82) is 0 Å². The lowest BCUT2D eigenvalue weighted by Gasteiger charge is -2.19. The van der Waals surface area contributed by atoms with Crippen LogP contribution in [-0.4, -0.2) is 59.6 Å². The zero-order valence-electron chi connectivity index (χ0n) is 17.1. The van der Waals surface area contributed by atoms with E-state index in [4.69, 9.17) is 25.2 Å². The van der Waals surface area contributed by atoms with Crippen LogP contribution >= 0.6 is 23.5 Å². The highest BCUT2D eigenvalue weighted by Crippen LogP contribution is 2.66. The first-order chi connectivity index (χ1) is 15.6. The van der Waals surface area contributed by atoms with Crippen LogP contribution in [0.5, 0.6) is 0 Å². The van der Waals surface area contributed by atoms with Crippen molar-refractivity contribution in [1.82, 2.24) is 9.55 Å². The molecular weight excluding hydrogens is 527 g/mol. The number of rotatable bonds is 10. The number of nitrogens with one attached hydrogen (secondary N) is 1. The number of phosphoric ester groups is 1. The SMILES string of the molecule is NCCCC#Cc1cn([C@H]2C[C@H](O)[C@@H](COP(=O)(O)OP(=O)(O)OP(=O)(O)O)O2)c(=O)[nH]c1=O. The summed E-state index contributed by atoms with van der Waals surface area (Å²) in [7, 11) is -16.7. The molecule has 1 aliphatic rings. The maximum absolute atomic E-state index is 12.2. The Balaban J connectivity index is 2.08. The summed E-state index contributed by atoms with van der Waals surface area (Å²) in [5.74, 6) is 5.31. The molecule has 0 aliphatic carbocycles. The highest BCUT2D eigenvalue weighted by molar-refractivity contribution is 7.66. The summed E-state index contributed by atoms with van der Waals surface area (Å²) in [6, 6.07) is 0. The molecule has 1 saturated heterocycles. The molecule has 0 saturated carbocycles. The van der Waals surface area contributed by atoms with Gasteiger partial charge in [0.25, 0.3) is 5.56 Å². The molecule has 0 spiro atoms. The maximum Gasteiger partial charge on any atom is 0.490 e. The highest BCUT2D eigenvalue weighted by Gasteiger charge is 2.43. The Bertz CT molecular complexity index is 1200. The fourth-order valence-corrected chi connectivity index (χ4v) is 5.67. The van der Waals surface area contributed by atoms with Gasteiger partial charge in [-0.2, -0.15) is 8.62 Å². The van der Waals surface area contributed by atoms with Crippen molar-refractivity contribution in [2.75, 3.05) is 13.2 Å². The topological polar surface area (TPSA) is 270 Å². The van der Waals surface area contributed by atoms with E-state index in [2.05, 4.69) is 25.0 Å². The molecule has 1 fully saturated rings. The molecule has 2 heterocycles. The van der Waals surface area contributed by atoms with Gasteiger partial charge >= 0.3 is 29.2 Å². The number of nitrogens with two attached hydrogens (primary N) is 1. The smallest absolute Gasteiger partial charge is 0.390 e. The number of aliphatic hydroxyl groups excluding tert-OH is 1. The Morgan fingerprint density at radius 2 is 1.85 bits per heavy atom. The fourth-order valence-electron chi connectivity index (χ4n) is 2.64. The average Bonchev–Trinajstić information content (AvgIpc) is 3.02. The minimum atomic E-state index is -5.71. The van der Waals surface area contributed by atoms with Crippen molar-refractivity contribution in [3.05, 3.63) is 32.6 Å². The van der Waals surface area contributed by atoms with E-state index in [1.807, 2.05) is 4.98 Å². The zero-order chi connectivity index (χ0) is 25.7. The normalized spacial score (nSPS) is 24.1. The van der Waals surface area contributed by atoms with Gasteiger partial charge in [0.1, 0.15) is 17.9 Å². The lowest BCUT2D eigenvalue weighted by atomic mass is 10.2. The number of aromatic amines is 1. The number of ether oxygens (including phenoxy) is 1. The number of hydrogen-bond acceptors (Lipinski definition) is 11. The Morgan fingerprint density at radius 3 is 2.47 bits per heavy atom. The summed E-state index contributed by atoms with van der Waals surface area (Å²) < 4.78 is 51.7. The van der Waals surface area contributed by atoms with Gasteiger partial charge < -0.3 is 35.2 Å². The van der Waals surface area contributed by atoms with Crippen molar-refractivity contribution in [2.45, 2.75) is 37.7 Å². The molecule has 0 radical (unpaired) electrons. The van der Waals surface area contributed by atoms with E-state index in [1.54, 1.807) is 0 Å². The van der Waals surface area contributed by atoms with E-state index in [0.29, 0.717) is 19.4 Å². The van der Waals surface area contributed by atoms with E-state index in [9.17, 15) is 33.3 Å². The summed E-state index contributed by atoms with van der Waals surface area (Å²) in [6.45, 7) is -0.509. The number of nitrogens with zero attached hydrogens (tertiary/aromatic N) is 1. The number of hydrogen-bond donors (Lipinski definition) is 7. The lowest BCUT2D eigenvalue weighted by molar-refractivity contribution is -0.0450. The Labute approximate surface area is 190 Å². The molecule has 34 heavy (non-hydrogen) atoms. The van der Waals surface area contributed by atoms with Crippen LogP contribution in [0.1, 0.15) is 31.1 Å². The van der Waals surface area contributed by atoms with E-state index in [-0.39, 0.29) is 12.0 Å². The molecule has 192 valence electrons. The van der Waals surface area contributed by atoms with E-state index >= 15 is 0 Å². The number of unbranched alkanes of at least 4 members (excludes halogenated alkanes) is 1. The average molecular weight is 549 g/mol. The molecule has 2 rings (SSSR count). The lowest BCUT2D eigenvalue weighted by Crippen LogP contribution is -2.33. The molecule has 0 bridgehead atoms. The van der Waals surface area contributed by atoms with Crippen LogP contribution in [0, 0.1) is 11.8 Å². The standard InChI is InChI=1S/C14H22N3O14P3/c15-5-3-1-2-4-9-7-17(14(20)16-13(9)19)12-6-10(18)11(29-12)8-28-33(24,25)31-34(26,27)30-32(21,22)23/h7,10-12,18H,1,3,5-6,8,15H2,(H,24,25)(H,26,27)(H,16,19,20)(H2,21,22,23)/t10-,11+,12+/m0/s1. The van der Waals surface area contributed by atoms with Crippen LogP contribution < -0.4 is 17.0 Å². The summed E-state index contributed by atoms with van der Waals surface area (Å²) in [5.41, 5.74) is 3.66. The van der Waals surface area contributed by atoms with Gasteiger partial charge in [0.15, 0.2) is 0 Å². The largest absolute Gasteiger partial charge is 0.490 e. The Hall–Kier alpha value is -1.47. The van der Waals surface area contributed by atoms with Crippen molar-refractivity contribution in [2.24, 2.45) is 5.73 Å². The molecule has 8 N–H and O–H groups in total. The maximum atomic E-state index is 12.2. The molecule has 0 aromatic carbocycles. The minimum absolute atomic E-state index is 0.0635. The molecule has 1 aliphatic heterocycles. The predicted octanol–water partition coefficient (Wildman–Crippen LogP) is -1.38. The summed E-state index contributed by atoms with van der Waals surface area (Å²) in [4.78, 5) is 61.8. The molecule has 1 aromatic rings. The highest BCUT2D eigenvalue weighted by atomic mass is 31.3. The summed E-state index contributed by atoms with van der Waals surface area (Å²) >= 11 is 0. The molecule has 0 amide bonds. The molecule has 2 unspecified atom stereocenters. The van der Waals surface area contributed by atoms with Crippen LogP contribution in [0.15, 0.2) is 15.8 Å². The van der Waals surface area contributed by atoms with Gasteiger partial charge in [-0.25, -0.2) is 18.5 Å². The Morgan fingerprint density at radius 1 is 1.18 bits per heavy atom. The van der Waals surface area contributed by atoms with Crippen molar-refractivity contribution in [3.8, 4) is 11.8 Å². The van der Waals surface area contributed by atoms with E-state index in [0.717, 1.165) is 10.8 Å². The van der Waals surface area contributed by atoms with Gasteiger partial charge in [0.05, 0.1) is 12.7 Å². The summed E-state index contributed by atoms with van der Waals surface area (Å²) in [5, 5.41) is 10.1. The molecule has 5 atom stereocenters.